The molecule has 0 bridgehead atoms. The first-order chi connectivity index (χ1) is 13.2. The van der Waals surface area contributed by atoms with Crippen molar-refractivity contribution in [1.82, 2.24) is 4.98 Å². The Morgan fingerprint density at radius 3 is 2.43 bits per heavy atom. The number of ether oxygens (including phenoxy) is 1. The van der Waals surface area contributed by atoms with Gasteiger partial charge in [0.15, 0.2) is 6.10 Å². The molecule has 28 heavy (non-hydrogen) atoms. The number of carbonyl (C=O) groups excluding carboxylic acids is 2. The molecule has 0 fully saturated rings. The highest BCUT2D eigenvalue weighted by atomic mass is 32.2. The van der Waals surface area contributed by atoms with Gasteiger partial charge in [-0.2, -0.15) is 0 Å². The first kappa shape index (κ1) is 19.6. The molecule has 2 aromatic carbocycles. The molecule has 2 N–H and O–H groups in total. The summed E-state index contributed by atoms with van der Waals surface area (Å²) in [4.78, 5) is 28.6. The van der Waals surface area contributed by atoms with E-state index in [1.165, 1.54) is 19.1 Å². The number of anilines is 1. The Balaban J connectivity index is 1.85. The third kappa shape index (κ3) is 4.07. The Labute approximate surface area is 162 Å². The van der Waals surface area contributed by atoms with E-state index in [9.17, 15) is 18.0 Å². The summed E-state index contributed by atoms with van der Waals surface area (Å²) in [5.41, 5.74) is 2.11. The number of aryl methyl sites for hydroxylation is 1. The van der Waals surface area contributed by atoms with Crippen molar-refractivity contribution in [2.24, 2.45) is 0 Å². The number of hydrogen-bond acceptors (Lipinski definition) is 5. The van der Waals surface area contributed by atoms with Crippen LogP contribution < -0.4 is 4.72 Å². The second-order valence-electron chi connectivity index (χ2n) is 6.50. The second-order valence-corrected chi connectivity index (χ2v) is 8.25. The molecule has 0 amide bonds. The number of benzene rings is 2. The van der Waals surface area contributed by atoms with Gasteiger partial charge >= 0.3 is 5.97 Å². The van der Waals surface area contributed by atoms with Crippen LogP contribution >= 0.6 is 0 Å². The van der Waals surface area contributed by atoms with Gasteiger partial charge in [-0.05, 0) is 32.0 Å². The molecular formula is C20H20N2O5S. The maximum Gasteiger partial charge on any atom is 0.340 e. The number of carbonyl (C=O) groups is 2. The van der Waals surface area contributed by atoms with Gasteiger partial charge < -0.3 is 9.72 Å². The van der Waals surface area contributed by atoms with Crippen LogP contribution in [0.25, 0.3) is 10.9 Å². The van der Waals surface area contributed by atoms with Crippen molar-refractivity contribution >= 4 is 38.4 Å². The van der Waals surface area contributed by atoms with E-state index in [0.717, 1.165) is 17.2 Å². The Morgan fingerprint density at radius 1 is 1.07 bits per heavy atom. The quantitative estimate of drug-likeness (QED) is 0.488. The molecule has 1 aromatic heterocycles. The van der Waals surface area contributed by atoms with Crippen molar-refractivity contribution < 1.29 is 22.7 Å². The van der Waals surface area contributed by atoms with E-state index in [2.05, 4.69) is 9.71 Å². The molecular weight excluding hydrogens is 380 g/mol. The average Bonchev–Trinajstić information content (AvgIpc) is 2.95. The van der Waals surface area contributed by atoms with E-state index >= 15 is 0 Å². The highest BCUT2D eigenvalue weighted by Crippen LogP contribution is 2.25. The molecule has 0 unspecified atom stereocenters. The lowest BCUT2D eigenvalue weighted by molar-refractivity contribution is 0.0320. The maximum absolute atomic E-state index is 12.9. The topological polar surface area (TPSA) is 105 Å². The number of fused-ring (bicyclic) bond motifs is 1. The molecule has 7 nitrogen and oxygen atoms in total. The zero-order valence-corrected chi connectivity index (χ0v) is 16.5. The molecule has 0 aliphatic rings. The zero-order chi connectivity index (χ0) is 20.5. The van der Waals surface area contributed by atoms with Gasteiger partial charge in [-0.25, -0.2) is 13.2 Å². The highest BCUT2D eigenvalue weighted by Gasteiger charge is 2.26. The normalized spacial score (nSPS) is 12.5. The van der Waals surface area contributed by atoms with Crippen LogP contribution in [-0.2, 0) is 14.8 Å². The standard InChI is InChI=1S/C20H20N2O5S/c1-12-18(14-8-4-6-10-16(14)21-12)19(23)13(2)27-20(24)15-9-5-7-11-17(15)22-28(3,25)26/h4-11,13,21-22H,1-3H3/t13-/m0/s1. The summed E-state index contributed by atoms with van der Waals surface area (Å²) in [6.45, 7) is 3.28. The zero-order valence-electron chi connectivity index (χ0n) is 15.6. The van der Waals surface area contributed by atoms with Gasteiger partial charge in [-0.3, -0.25) is 9.52 Å². The minimum absolute atomic E-state index is 0.0308. The SMILES string of the molecule is Cc1[nH]c2ccccc2c1C(=O)[C@H](C)OC(=O)c1ccccc1NS(C)(=O)=O. The van der Waals surface area contributed by atoms with Crippen LogP contribution in [0.5, 0.6) is 0 Å². The molecule has 0 spiro atoms. The van der Waals surface area contributed by atoms with Crippen molar-refractivity contribution in [3.05, 3.63) is 65.4 Å². The number of para-hydroxylation sites is 2. The third-order valence-electron chi connectivity index (χ3n) is 4.24. The van der Waals surface area contributed by atoms with Crippen molar-refractivity contribution in [2.75, 3.05) is 11.0 Å². The minimum atomic E-state index is -3.57. The van der Waals surface area contributed by atoms with Crippen molar-refractivity contribution in [2.45, 2.75) is 20.0 Å². The van der Waals surface area contributed by atoms with Gasteiger partial charge in [-0.1, -0.05) is 30.3 Å². The van der Waals surface area contributed by atoms with E-state index in [1.54, 1.807) is 19.1 Å². The summed E-state index contributed by atoms with van der Waals surface area (Å²) in [5, 5.41) is 0.757. The predicted molar refractivity (Wildman–Crippen MR) is 107 cm³/mol. The number of ketones is 1. The number of sulfonamides is 1. The van der Waals surface area contributed by atoms with Crippen LogP contribution in [0.3, 0.4) is 0 Å². The van der Waals surface area contributed by atoms with Crippen LogP contribution in [0.1, 0.15) is 33.3 Å². The Morgan fingerprint density at radius 2 is 1.71 bits per heavy atom. The number of hydrogen-bond donors (Lipinski definition) is 2. The third-order valence-corrected chi connectivity index (χ3v) is 4.83. The first-order valence-corrected chi connectivity index (χ1v) is 10.5. The van der Waals surface area contributed by atoms with Gasteiger partial charge in [0.1, 0.15) is 0 Å². The maximum atomic E-state index is 12.9. The number of aromatic nitrogens is 1. The molecule has 3 aromatic rings. The van der Waals surface area contributed by atoms with Crippen molar-refractivity contribution in [3.8, 4) is 0 Å². The molecule has 0 aliphatic carbocycles. The van der Waals surface area contributed by atoms with Gasteiger partial charge in [0.05, 0.1) is 17.5 Å². The Hall–Kier alpha value is -3.13. The number of rotatable bonds is 6. The van der Waals surface area contributed by atoms with Gasteiger partial charge in [-0.15, -0.1) is 0 Å². The van der Waals surface area contributed by atoms with E-state index < -0.39 is 22.1 Å². The molecule has 0 radical (unpaired) electrons. The fourth-order valence-electron chi connectivity index (χ4n) is 3.02. The number of esters is 1. The van der Waals surface area contributed by atoms with Gasteiger partial charge in [0, 0.05) is 22.2 Å². The first-order valence-electron chi connectivity index (χ1n) is 8.56. The lowest BCUT2D eigenvalue weighted by atomic mass is 10.0. The van der Waals surface area contributed by atoms with Crippen molar-refractivity contribution in [1.29, 1.82) is 0 Å². The van der Waals surface area contributed by atoms with Crippen LogP contribution in [0.15, 0.2) is 48.5 Å². The van der Waals surface area contributed by atoms with Crippen LogP contribution in [-0.4, -0.2) is 37.5 Å². The molecule has 1 atom stereocenters. The minimum Gasteiger partial charge on any atom is -0.451 e. The Bertz CT molecular complexity index is 1160. The molecule has 0 aliphatic heterocycles. The smallest absolute Gasteiger partial charge is 0.340 e. The van der Waals surface area contributed by atoms with Gasteiger partial charge in [0.25, 0.3) is 0 Å². The lowest BCUT2D eigenvalue weighted by Crippen LogP contribution is -2.25. The molecule has 3 rings (SSSR count). The monoisotopic (exact) mass is 400 g/mol. The summed E-state index contributed by atoms with van der Waals surface area (Å²) in [5.74, 6) is -1.12. The fourth-order valence-corrected chi connectivity index (χ4v) is 3.60. The van der Waals surface area contributed by atoms with E-state index in [1.807, 2.05) is 24.3 Å². The molecule has 0 saturated heterocycles. The molecule has 0 saturated carbocycles. The Kier molecular flexibility index (Phi) is 5.24. The number of Topliss-reactive ketones (excluding diaryl/α,β-unsaturated/α-hetero) is 1. The summed E-state index contributed by atoms with van der Waals surface area (Å²) in [6, 6.07) is 13.4. The van der Waals surface area contributed by atoms with Gasteiger partial charge in [0.2, 0.25) is 15.8 Å². The van der Waals surface area contributed by atoms with Crippen LogP contribution in [0, 0.1) is 6.92 Å². The fraction of sp³-hybridized carbons (Fsp3) is 0.200. The number of nitrogens with one attached hydrogen (secondary N) is 2. The summed E-state index contributed by atoms with van der Waals surface area (Å²) >= 11 is 0. The van der Waals surface area contributed by atoms with Crippen LogP contribution in [0.4, 0.5) is 5.69 Å². The van der Waals surface area contributed by atoms with Crippen LogP contribution in [0.2, 0.25) is 0 Å². The van der Waals surface area contributed by atoms with E-state index in [0.29, 0.717) is 11.3 Å². The molecule has 8 heteroatoms. The highest BCUT2D eigenvalue weighted by molar-refractivity contribution is 7.92. The lowest BCUT2D eigenvalue weighted by Gasteiger charge is -2.15. The summed E-state index contributed by atoms with van der Waals surface area (Å²) < 4.78 is 30.6. The number of H-pyrrole nitrogens is 1. The van der Waals surface area contributed by atoms with E-state index in [4.69, 9.17) is 4.74 Å². The predicted octanol–water partition coefficient (Wildman–Crippen LogP) is 3.28. The average molecular weight is 400 g/mol. The van der Waals surface area contributed by atoms with E-state index in [-0.39, 0.29) is 17.0 Å². The number of aromatic amines is 1. The summed E-state index contributed by atoms with van der Waals surface area (Å²) in [7, 11) is -3.57. The molecule has 1 heterocycles. The second kappa shape index (κ2) is 7.47. The van der Waals surface area contributed by atoms with Crippen molar-refractivity contribution in [3.63, 3.8) is 0 Å². The summed E-state index contributed by atoms with van der Waals surface area (Å²) in [6.07, 6.45) is -0.0576. The molecule has 146 valence electrons. The largest absolute Gasteiger partial charge is 0.451 e.